The molecule has 0 aromatic heterocycles. The van der Waals surface area contributed by atoms with Crippen molar-refractivity contribution in [2.75, 3.05) is 18.4 Å². The minimum Gasteiger partial charge on any atom is -0.478 e. The van der Waals surface area contributed by atoms with Crippen LogP contribution in [-0.2, 0) is 4.79 Å². The van der Waals surface area contributed by atoms with Crippen molar-refractivity contribution in [2.24, 2.45) is 5.92 Å². The van der Waals surface area contributed by atoms with Gasteiger partial charge >= 0.3 is 5.97 Å². The monoisotopic (exact) mass is 252 g/mol. The van der Waals surface area contributed by atoms with E-state index in [0.29, 0.717) is 13.0 Å². The number of carboxylic acid groups (broad SMARTS) is 1. The molecule has 0 radical (unpaired) electrons. The maximum absolute atomic E-state index is 13.6. The van der Waals surface area contributed by atoms with Crippen LogP contribution in [0.25, 0.3) is 0 Å². The number of hydrogen-bond acceptors (Lipinski definition) is 3. The van der Waals surface area contributed by atoms with Crippen molar-refractivity contribution in [1.82, 2.24) is 5.32 Å². The Bertz CT molecular complexity index is 484. The fourth-order valence-corrected chi connectivity index (χ4v) is 1.93. The zero-order valence-corrected chi connectivity index (χ0v) is 9.57. The summed E-state index contributed by atoms with van der Waals surface area (Å²) in [5.74, 6) is -2.61. The van der Waals surface area contributed by atoms with Gasteiger partial charge in [0.2, 0.25) is 5.91 Å². The number of para-hydroxylation sites is 1. The van der Waals surface area contributed by atoms with Crippen LogP contribution >= 0.6 is 0 Å². The molecule has 1 aliphatic rings. The standard InChI is InChI=1S/C12H13FN2O3/c13-9-3-1-2-8(12(17)18)10(9)15-11(16)7-4-5-14-6-7/h1-3,7,14H,4-6H2,(H,15,16)(H,17,18). The predicted octanol–water partition coefficient (Wildman–Crippen LogP) is 1.07. The summed E-state index contributed by atoms with van der Waals surface area (Å²) in [5, 5.41) is 14.3. The van der Waals surface area contributed by atoms with Gasteiger partial charge in [0.25, 0.3) is 0 Å². The maximum Gasteiger partial charge on any atom is 0.337 e. The van der Waals surface area contributed by atoms with Crippen molar-refractivity contribution in [2.45, 2.75) is 6.42 Å². The molecule has 1 aromatic rings. The smallest absolute Gasteiger partial charge is 0.337 e. The highest BCUT2D eigenvalue weighted by Crippen LogP contribution is 2.21. The summed E-state index contributed by atoms with van der Waals surface area (Å²) in [7, 11) is 0. The molecule has 3 N–H and O–H groups in total. The summed E-state index contributed by atoms with van der Waals surface area (Å²) < 4.78 is 13.6. The summed E-state index contributed by atoms with van der Waals surface area (Å²) in [6.45, 7) is 1.27. The van der Waals surface area contributed by atoms with E-state index in [1.54, 1.807) is 0 Å². The second-order valence-corrected chi connectivity index (χ2v) is 4.15. The fourth-order valence-electron chi connectivity index (χ4n) is 1.93. The van der Waals surface area contributed by atoms with Gasteiger partial charge in [-0.2, -0.15) is 0 Å². The average molecular weight is 252 g/mol. The molecule has 1 atom stereocenters. The van der Waals surface area contributed by atoms with Crippen molar-refractivity contribution >= 4 is 17.6 Å². The summed E-state index contributed by atoms with van der Waals surface area (Å²) in [5.41, 5.74) is -0.504. The first-order valence-corrected chi connectivity index (χ1v) is 5.63. The Morgan fingerprint density at radius 1 is 1.44 bits per heavy atom. The van der Waals surface area contributed by atoms with Gasteiger partial charge in [0.1, 0.15) is 5.82 Å². The van der Waals surface area contributed by atoms with Crippen molar-refractivity contribution < 1.29 is 19.1 Å². The number of anilines is 1. The van der Waals surface area contributed by atoms with Crippen molar-refractivity contribution in [3.05, 3.63) is 29.6 Å². The lowest BCUT2D eigenvalue weighted by Gasteiger charge is -2.12. The fraction of sp³-hybridized carbons (Fsp3) is 0.333. The molecule has 1 aliphatic heterocycles. The topological polar surface area (TPSA) is 78.4 Å². The molecule has 0 spiro atoms. The van der Waals surface area contributed by atoms with Gasteiger partial charge in [0, 0.05) is 6.54 Å². The van der Waals surface area contributed by atoms with Crippen LogP contribution in [0, 0.1) is 11.7 Å². The number of hydrogen-bond donors (Lipinski definition) is 3. The van der Waals surface area contributed by atoms with Crippen LogP contribution in [0.15, 0.2) is 18.2 Å². The number of benzene rings is 1. The average Bonchev–Trinajstić information content (AvgIpc) is 2.85. The number of carbonyl (C=O) groups excluding carboxylic acids is 1. The molecule has 96 valence electrons. The van der Waals surface area contributed by atoms with E-state index in [4.69, 9.17) is 5.11 Å². The number of carbonyl (C=O) groups is 2. The molecule has 2 rings (SSSR count). The van der Waals surface area contributed by atoms with Gasteiger partial charge in [-0.3, -0.25) is 4.79 Å². The third-order valence-electron chi connectivity index (χ3n) is 2.92. The van der Waals surface area contributed by atoms with Crippen LogP contribution in [0.3, 0.4) is 0 Å². The van der Waals surface area contributed by atoms with Crippen molar-refractivity contribution in [1.29, 1.82) is 0 Å². The van der Waals surface area contributed by atoms with Gasteiger partial charge in [-0.25, -0.2) is 9.18 Å². The van der Waals surface area contributed by atoms with Crippen molar-refractivity contribution in [3.8, 4) is 0 Å². The third kappa shape index (κ3) is 2.48. The first kappa shape index (κ1) is 12.5. The van der Waals surface area contributed by atoms with E-state index < -0.39 is 11.8 Å². The number of amides is 1. The van der Waals surface area contributed by atoms with E-state index in [0.717, 1.165) is 12.6 Å². The second kappa shape index (κ2) is 5.14. The number of rotatable bonds is 3. The molecule has 5 nitrogen and oxygen atoms in total. The normalized spacial score (nSPS) is 18.6. The van der Waals surface area contributed by atoms with E-state index >= 15 is 0 Å². The summed E-state index contributed by atoms with van der Waals surface area (Å²) >= 11 is 0. The SMILES string of the molecule is O=C(O)c1cccc(F)c1NC(=O)C1CCNC1. The summed E-state index contributed by atoms with van der Waals surface area (Å²) in [6, 6.07) is 3.68. The molecular weight excluding hydrogens is 239 g/mol. The molecule has 0 saturated carbocycles. The number of nitrogens with one attached hydrogen (secondary N) is 2. The molecule has 1 heterocycles. The van der Waals surface area contributed by atoms with Gasteiger partial charge < -0.3 is 15.7 Å². The van der Waals surface area contributed by atoms with Crippen LogP contribution < -0.4 is 10.6 Å². The molecule has 0 bridgehead atoms. The molecule has 1 aromatic carbocycles. The minimum atomic E-state index is -1.27. The number of carboxylic acids is 1. The van der Waals surface area contributed by atoms with Crippen LogP contribution in [0.5, 0.6) is 0 Å². The lowest BCUT2D eigenvalue weighted by Crippen LogP contribution is -2.26. The Hall–Kier alpha value is -1.95. The van der Waals surface area contributed by atoms with E-state index in [9.17, 15) is 14.0 Å². The highest BCUT2D eigenvalue weighted by molar-refractivity contribution is 6.01. The first-order valence-electron chi connectivity index (χ1n) is 5.63. The highest BCUT2D eigenvalue weighted by Gasteiger charge is 2.25. The quantitative estimate of drug-likeness (QED) is 0.752. The Morgan fingerprint density at radius 3 is 2.83 bits per heavy atom. The maximum atomic E-state index is 13.6. The van der Waals surface area contributed by atoms with Gasteiger partial charge in [0.05, 0.1) is 17.2 Å². The Labute approximate surface area is 103 Å². The van der Waals surface area contributed by atoms with Gasteiger partial charge in [-0.05, 0) is 25.1 Å². The van der Waals surface area contributed by atoms with Crippen LogP contribution in [0.2, 0.25) is 0 Å². The lowest BCUT2D eigenvalue weighted by atomic mass is 10.1. The van der Waals surface area contributed by atoms with Gasteiger partial charge in [-0.15, -0.1) is 0 Å². The second-order valence-electron chi connectivity index (χ2n) is 4.15. The largest absolute Gasteiger partial charge is 0.478 e. The van der Waals surface area contributed by atoms with E-state index in [1.165, 1.54) is 12.1 Å². The molecule has 0 aliphatic carbocycles. The van der Waals surface area contributed by atoms with Gasteiger partial charge in [0.15, 0.2) is 0 Å². The molecule has 1 fully saturated rings. The zero-order valence-electron chi connectivity index (χ0n) is 9.57. The zero-order chi connectivity index (χ0) is 13.1. The summed E-state index contributed by atoms with van der Waals surface area (Å²) in [6.07, 6.45) is 0.669. The Kier molecular flexibility index (Phi) is 3.57. The molecule has 1 amide bonds. The van der Waals surface area contributed by atoms with Crippen LogP contribution in [0.4, 0.5) is 10.1 Å². The van der Waals surface area contributed by atoms with Crippen LogP contribution in [-0.4, -0.2) is 30.1 Å². The Morgan fingerprint density at radius 2 is 2.22 bits per heavy atom. The number of aromatic carboxylic acids is 1. The lowest BCUT2D eigenvalue weighted by molar-refractivity contribution is -0.119. The van der Waals surface area contributed by atoms with E-state index in [1.807, 2.05) is 0 Å². The first-order chi connectivity index (χ1) is 8.59. The molecular formula is C12H13FN2O3. The molecule has 18 heavy (non-hydrogen) atoms. The van der Waals surface area contributed by atoms with Gasteiger partial charge in [-0.1, -0.05) is 6.07 Å². The number of halogens is 1. The van der Waals surface area contributed by atoms with E-state index in [2.05, 4.69) is 10.6 Å². The molecule has 6 heteroatoms. The summed E-state index contributed by atoms with van der Waals surface area (Å²) in [4.78, 5) is 22.8. The highest BCUT2D eigenvalue weighted by atomic mass is 19.1. The molecule has 1 unspecified atom stereocenters. The predicted molar refractivity (Wildman–Crippen MR) is 63.0 cm³/mol. The third-order valence-corrected chi connectivity index (χ3v) is 2.92. The van der Waals surface area contributed by atoms with Crippen LogP contribution in [0.1, 0.15) is 16.8 Å². The molecule has 1 saturated heterocycles. The Balaban J connectivity index is 2.22. The van der Waals surface area contributed by atoms with E-state index in [-0.39, 0.29) is 23.1 Å². The minimum absolute atomic E-state index is 0.241. The van der Waals surface area contributed by atoms with Crippen molar-refractivity contribution in [3.63, 3.8) is 0 Å².